The van der Waals surface area contributed by atoms with Crippen LogP contribution in [0.5, 0.6) is 5.75 Å². The fourth-order valence-corrected chi connectivity index (χ4v) is 1.96. The van der Waals surface area contributed by atoms with Crippen molar-refractivity contribution in [3.63, 3.8) is 0 Å². The Kier molecular flexibility index (Phi) is 5.40. The summed E-state index contributed by atoms with van der Waals surface area (Å²) in [7, 11) is 1.60. The number of carbonyl (C=O) groups is 1. The van der Waals surface area contributed by atoms with Crippen LogP contribution in [0.1, 0.15) is 23.8 Å². The predicted molar refractivity (Wildman–Crippen MR) is 78.0 cm³/mol. The molecule has 21 heavy (non-hydrogen) atoms. The van der Waals surface area contributed by atoms with E-state index in [1.54, 1.807) is 19.2 Å². The Hall–Kier alpha value is -2.27. The lowest BCUT2D eigenvalue weighted by atomic mass is 10.1. The number of amides is 1. The normalized spacial score (nSPS) is 11.9. The number of ether oxygens (including phenoxy) is 1. The highest BCUT2D eigenvalue weighted by molar-refractivity contribution is 5.78. The Bertz CT molecular complexity index is 548. The lowest BCUT2D eigenvalue weighted by Crippen LogP contribution is -2.27. The highest BCUT2D eigenvalue weighted by atomic mass is 16.5. The van der Waals surface area contributed by atoms with E-state index in [0.717, 1.165) is 11.3 Å². The molecule has 2 N–H and O–H groups in total. The lowest BCUT2D eigenvalue weighted by molar-refractivity contribution is -0.120. The van der Waals surface area contributed by atoms with Crippen LogP contribution >= 0.6 is 0 Å². The van der Waals surface area contributed by atoms with E-state index in [-0.39, 0.29) is 5.91 Å². The molecule has 0 bridgehead atoms. The summed E-state index contributed by atoms with van der Waals surface area (Å²) >= 11 is 0. The van der Waals surface area contributed by atoms with Crippen LogP contribution in [0.3, 0.4) is 0 Å². The molecule has 0 fully saturated rings. The minimum absolute atomic E-state index is 0.0770. The number of carbonyl (C=O) groups excluding carboxylic acids is 1. The zero-order chi connectivity index (χ0) is 15.1. The monoisotopic (exact) mass is 289 g/mol. The van der Waals surface area contributed by atoms with Gasteiger partial charge in [-0.05, 0) is 36.2 Å². The molecule has 0 aliphatic rings. The van der Waals surface area contributed by atoms with Crippen molar-refractivity contribution in [2.75, 3.05) is 13.7 Å². The van der Waals surface area contributed by atoms with E-state index in [2.05, 4.69) is 5.32 Å². The number of rotatable bonds is 7. The first kappa shape index (κ1) is 15.1. The molecule has 1 heterocycles. The van der Waals surface area contributed by atoms with Gasteiger partial charge in [0.15, 0.2) is 0 Å². The second-order valence-corrected chi connectivity index (χ2v) is 4.69. The maximum absolute atomic E-state index is 11.8. The second-order valence-electron chi connectivity index (χ2n) is 4.69. The largest absolute Gasteiger partial charge is 0.497 e. The molecule has 5 heteroatoms. The maximum Gasteiger partial charge on any atom is 0.224 e. The van der Waals surface area contributed by atoms with Gasteiger partial charge >= 0.3 is 0 Å². The molecule has 0 saturated carbocycles. The van der Waals surface area contributed by atoms with Gasteiger partial charge in [-0.2, -0.15) is 0 Å². The van der Waals surface area contributed by atoms with Gasteiger partial charge in [-0.1, -0.05) is 12.1 Å². The third kappa shape index (κ3) is 4.65. The van der Waals surface area contributed by atoms with Gasteiger partial charge in [0, 0.05) is 6.54 Å². The van der Waals surface area contributed by atoms with Crippen LogP contribution in [0.25, 0.3) is 0 Å². The minimum atomic E-state index is -0.693. The molecule has 2 rings (SSSR count). The van der Waals surface area contributed by atoms with Crippen LogP contribution in [-0.2, 0) is 11.2 Å². The highest BCUT2D eigenvalue weighted by Crippen LogP contribution is 2.16. The highest BCUT2D eigenvalue weighted by Gasteiger charge is 2.10. The van der Waals surface area contributed by atoms with Crippen LogP contribution in [0.15, 0.2) is 47.1 Å². The molecule has 1 aromatic heterocycles. The molecule has 0 spiro atoms. The number of benzene rings is 1. The second kappa shape index (κ2) is 7.50. The third-order valence-electron chi connectivity index (χ3n) is 3.14. The Labute approximate surface area is 123 Å². The van der Waals surface area contributed by atoms with Crippen molar-refractivity contribution in [2.45, 2.75) is 18.9 Å². The first-order valence-electron chi connectivity index (χ1n) is 6.80. The van der Waals surface area contributed by atoms with E-state index < -0.39 is 6.10 Å². The van der Waals surface area contributed by atoms with Gasteiger partial charge in [0.2, 0.25) is 5.91 Å². The Balaban J connectivity index is 1.72. The molecule has 0 saturated heterocycles. The van der Waals surface area contributed by atoms with E-state index in [0.29, 0.717) is 25.1 Å². The molecule has 1 atom stereocenters. The molecule has 0 aliphatic carbocycles. The Morgan fingerprint density at radius 1 is 1.33 bits per heavy atom. The van der Waals surface area contributed by atoms with Crippen molar-refractivity contribution in [1.29, 1.82) is 0 Å². The van der Waals surface area contributed by atoms with Crippen molar-refractivity contribution in [1.82, 2.24) is 5.32 Å². The first-order valence-corrected chi connectivity index (χ1v) is 6.80. The summed E-state index contributed by atoms with van der Waals surface area (Å²) in [4.78, 5) is 11.8. The summed E-state index contributed by atoms with van der Waals surface area (Å²) < 4.78 is 10.2. The zero-order valence-electron chi connectivity index (χ0n) is 11.9. The summed E-state index contributed by atoms with van der Waals surface area (Å²) in [6.07, 6.45) is 1.55. The van der Waals surface area contributed by atoms with Gasteiger partial charge in [0.05, 0.1) is 19.8 Å². The Morgan fingerprint density at radius 2 is 2.10 bits per heavy atom. The minimum Gasteiger partial charge on any atom is -0.497 e. The van der Waals surface area contributed by atoms with Crippen LogP contribution in [0.4, 0.5) is 0 Å². The van der Waals surface area contributed by atoms with Crippen LogP contribution in [0.2, 0.25) is 0 Å². The van der Waals surface area contributed by atoms with E-state index in [9.17, 15) is 9.90 Å². The molecule has 1 unspecified atom stereocenters. The molecule has 5 nitrogen and oxygen atoms in total. The number of hydrogen-bond acceptors (Lipinski definition) is 4. The fourth-order valence-electron chi connectivity index (χ4n) is 1.96. The van der Waals surface area contributed by atoms with Crippen molar-refractivity contribution in [3.05, 3.63) is 54.0 Å². The van der Waals surface area contributed by atoms with Crippen molar-refractivity contribution in [3.8, 4) is 5.75 Å². The van der Waals surface area contributed by atoms with Gasteiger partial charge in [-0.3, -0.25) is 4.79 Å². The zero-order valence-corrected chi connectivity index (χ0v) is 11.9. The Morgan fingerprint density at radius 3 is 2.71 bits per heavy atom. The summed E-state index contributed by atoms with van der Waals surface area (Å²) in [5.74, 6) is 1.20. The molecule has 1 aromatic carbocycles. The van der Waals surface area contributed by atoms with E-state index in [1.165, 1.54) is 6.26 Å². The van der Waals surface area contributed by atoms with Gasteiger partial charge < -0.3 is 19.6 Å². The number of aliphatic hydroxyl groups excluding tert-OH is 1. The van der Waals surface area contributed by atoms with Gasteiger partial charge in [-0.25, -0.2) is 0 Å². The van der Waals surface area contributed by atoms with Gasteiger partial charge in [0.25, 0.3) is 0 Å². The molecule has 2 aromatic rings. The summed E-state index contributed by atoms with van der Waals surface area (Å²) in [6.45, 7) is 0.400. The van der Waals surface area contributed by atoms with Crippen molar-refractivity contribution in [2.24, 2.45) is 0 Å². The van der Waals surface area contributed by atoms with Crippen molar-refractivity contribution < 1.29 is 19.1 Å². The summed E-state index contributed by atoms with van der Waals surface area (Å²) in [6, 6.07) is 10.8. The van der Waals surface area contributed by atoms with Gasteiger partial charge in [0.1, 0.15) is 17.6 Å². The lowest BCUT2D eigenvalue weighted by Gasteiger charge is -2.09. The van der Waals surface area contributed by atoms with Crippen molar-refractivity contribution >= 4 is 5.91 Å². The maximum atomic E-state index is 11.8. The number of aliphatic hydroxyl groups is 1. The van der Waals surface area contributed by atoms with Crippen LogP contribution < -0.4 is 10.1 Å². The van der Waals surface area contributed by atoms with E-state index >= 15 is 0 Å². The average Bonchev–Trinajstić information content (AvgIpc) is 3.02. The molecular weight excluding hydrogens is 270 g/mol. The summed E-state index contributed by atoms with van der Waals surface area (Å²) in [5, 5.41) is 12.6. The summed E-state index contributed by atoms with van der Waals surface area (Å²) in [5.41, 5.74) is 0.917. The molecular formula is C16H19NO4. The SMILES string of the molecule is COc1ccc(CC(=O)NCCC(O)c2ccco2)cc1. The van der Waals surface area contributed by atoms with Gasteiger partial charge in [-0.15, -0.1) is 0 Å². The van der Waals surface area contributed by atoms with E-state index in [1.807, 2.05) is 24.3 Å². The van der Waals surface area contributed by atoms with Crippen LogP contribution in [-0.4, -0.2) is 24.7 Å². The smallest absolute Gasteiger partial charge is 0.224 e. The number of hydrogen-bond donors (Lipinski definition) is 2. The standard InChI is InChI=1S/C16H19NO4/c1-20-13-6-4-12(5-7-13)11-16(19)17-9-8-14(18)15-3-2-10-21-15/h2-7,10,14,18H,8-9,11H2,1H3,(H,17,19). The topological polar surface area (TPSA) is 71.7 Å². The fraction of sp³-hybridized carbons (Fsp3) is 0.312. The molecule has 112 valence electrons. The number of furan rings is 1. The quantitative estimate of drug-likeness (QED) is 0.818. The number of nitrogens with one attached hydrogen (secondary N) is 1. The molecule has 1 amide bonds. The third-order valence-corrected chi connectivity index (χ3v) is 3.14. The average molecular weight is 289 g/mol. The number of methoxy groups -OCH3 is 1. The van der Waals surface area contributed by atoms with Crippen LogP contribution in [0, 0.1) is 0 Å². The molecule has 0 aliphatic heterocycles. The predicted octanol–water partition coefficient (Wildman–Crippen LogP) is 2.07. The molecule has 0 radical (unpaired) electrons. The van der Waals surface area contributed by atoms with E-state index in [4.69, 9.17) is 9.15 Å². The first-order chi connectivity index (χ1) is 10.2.